The zero-order chi connectivity index (χ0) is 20.3. The van der Waals surface area contributed by atoms with Gasteiger partial charge in [-0.1, -0.05) is 43.5 Å². The Bertz CT molecular complexity index is 797. The third-order valence-corrected chi connectivity index (χ3v) is 5.69. The molecule has 1 aliphatic rings. The van der Waals surface area contributed by atoms with Crippen molar-refractivity contribution in [2.75, 3.05) is 13.2 Å². The van der Waals surface area contributed by atoms with E-state index in [0.717, 1.165) is 24.1 Å². The van der Waals surface area contributed by atoms with E-state index in [1.165, 1.54) is 30.6 Å². The lowest BCUT2D eigenvalue weighted by Gasteiger charge is -2.22. The summed E-state index contributed by atoms with van der Waals surface area (Å²) in [6.45, 7) is 1.15. The van der Waals surface area contributed by atoms with Crippen molar-refractivity contribution < 1.29 is 14.3 Å². The summed E-state index contributed by atoms with van der Waals surface area (Å²) in [6, 6.07) is 12.7. The second-order valence-corrected chi connectivity index (χ2v) is 8.11. The van der Waals surface area contributed by atoms with Crippen LogP contribution in [-0.4, -0.2) is 31.1 Å². The number of nitrogens with one attached hydrogen (secondary N) is 2. The van der Waals surface area contributed by atoms with E-state index >= 15 is 0 Å². The van der Waals surface area contributed by atoms with Gasteiger partial charge >= 0.3 is 0 Å². The molecule has 2 amide bonds. The molecule has 1 heterocycles. The van der Waals surface area contributed by atoms with Gasteiger partial charge in [0.1, 0.15) is 5.70 Å². The molecule has 1 fully saturated rings. The van der Waals surface area contributed by atoms with Gasteiger partial charge in [-0.05, 0) is 48.9 Å². The van der Waals surface area contributed by atoms with Crippen LogP contribution in [0.15, 0.2) is 53.5 Å². The Balaban J connectivity index is 1.51. The molecule has 0 radical (unpaired) electrons. The first kappa shape index (κ1) is 21.3. The van der Waals surface area contributed by atoms with Crippen LogP contribution >= 0.6 is 11.3 Å². The Kier molecular flexibility index (Phi) is 8.46. The fraction of sp³-hybridized carbons (Fsp3) is 0.391. The van der Waals surface area contributed by atoms with Crippen LogP contribution in [0, 0.1) is 0 Å². The molecule has 0 saturated heterocycles. The first-order valence-corrected chi connectivity index (χ1v) is 11.1. The largest absolute Gasteiger partial charge is 0.378 e. The lowest BCUT2D eigenvalue weighted by Crippen LogP contribution is -2.35. The highest BCUT2D eigenvalue weighted by Crippen LogP contribution is 2.20. The summed E-state index contributed by atoms with van der Waals surface area (Å²) in [5.41, 5.74) is 0.757. The van der Waals surface area contributed by atoms with Gasteiger partial charge in [0.25, 0.3) is 11.8 Å². The Morgan fingerprint density at radius 3 is 2.59 bits per heavy atom. The van der Waals surface area contributed by atoms with Crippen molar-refractivity contribution in [3.63, 3.8) is 0 Å². The van der Waals surface area contributed by atoms with Gasteiger partial charge in [-0.2, -0.15) is 0 Å². The molecule has 154 valence electrons. The van der Waals surface area contributed by atoms with E-state index in [-0.39, 0.29) is 17.5 Å². The van der Waals surface area contributed by atoms with E-state index in [2.05, 4.69) is 10.6 Å². The standard InChI is InChI=1S/C23H28N2O3S/c26-22(18-9-3-1-4-10-18)25-21(17-20-13-7-16-29-20)23(27)24-14-8-15-28-19-11-5-2-6-12-19/h1,3-4,7,9-10,13,16-17,19H,2,5-6,8,11-12,14-15H2,(H,24,27)(H,25,26)/b21-17-. The third kappa shape index (κ3) is 7.15. The molecule has 1 aromatic heterocycles. The maximum absolute atomic E-state index is 12.7. The molecule has 0 atom stereocenters. The van der Waals surface area contributed by atoms with Crippen molar-refractivity contribution in [2.24, 2.45) is 0 Å². The van der Waals surface area contributed by atoms with Crippen LogP contribution < -0.4 is 10.6 Å². The first-order chi connectivity index (χ1) is 14.2. The monoisotopic (exact) mass is 412 g/mol. The first-order valence-electron chi connectivity index (χ1n) is 10.2. The SMILES string of the molecule is O=C(NCCCOC1CCCCC1)/C(=C/c1cccs1)NC(=O)c1ccccc1. The minimum absolute atomic E-state index is 0.245. The molecule has 1 aliphatic carbocycles. The molecule has 1 aromatic carbocycles. The van der Waals surface area contributed by atoms with E-state index in [9.17, 15) is 9.59 Å². The predicted molar refractivity (Wildman–Crippen MR) is 117 cm³/mol. The maximum atomic E-state index is 12.7. The maximum Gasteiger partial charge on any atom is 0.267 e. The Morgan fingerprint density at radius 2 is 1.86 bits per heavy atom. The fourth-order valence-corrected chi connectivity index (χ4v) is 3.97. The van der Waals surface area contributed by atoms with Crippen LogP contribution in [0.4, 0.5) is 0 Å². The highest BCUT2D eigenvalue weighted by molar-refractivity contribution is 7.10. The molecular weight excluding hydrogens is 384 g/mol. The molecule has 0 spiro atoms. The van der Waals surface area contributed by atoms with Gasteiger partial charge in [-0.3, -0.25) is 9.59 Å². The summed E-state index contributed by atoms with van der Waals surface area (Å²) >= 11 is 1.51. The Labute approximate surface area is 176 Å². The molecule has 0 aliphatic heterocycles. The third-order valence-electron chi connectivity index (χ3n) is 4.87. The minimum Gasteiger partial charge on any atom is -0.378 e. The zero-order valence-corrected chi connectivity index (χ0v) is 17.4. The van der Waals surface area contributed by atoms with Crippen LogP contribution in [0.2, 0.25) is 0 Å². The Hall–Kier alpha value is -2.44. The van der Waals surface area contributed by atoms with Crippen LogP contribution in [0.25, 0.3) is 6.08 Å². The summed E-state index contributed by atoms with van der Waals surface area (Å²) in [4.78, 5) is 26.1. The number of thiophene rings is 1. The van der Waals surface area contributed by atoms with E-state index in [4.69, 9.17) is 4.74 Å². The number of ether oxygens (including phenoxy) is 1. The summed E-state index contributed by atoms with van der Waals surface area (Å²) in [5, 5.41) is 7.58. The van der Waals surface area contributed by atoms with E-state index in [1.807, 2.05) is 23.6 Å². The van der Waals surface area contributed by atoms with Crippen LogP contribution in [0.5, 0.6) is 0 Å². The molecule has 1 saturated carbocycles. The normalized spacial score (nSPS) is 15.1. The molecule has 0 bridgehead atoms. The van der Waals surface area contributed by atoms with E-state index < -0.39 is 0 Å². The number of benzene rings is 1. The quantitative estimate of drug-likeness (QED) is 0.475. The van der Waals surface area contributed by atoms with Crippen molar-refractivity contribution in [1.29, 1.82) is 0 Å². The van der Waals surface area contributed by atoms with Crippen molar-refractivity contribution in [2.45, 2.75) is 44.6 Å². The summed E-state index contributed by atoms with van der Waals surface area (Å²) < 4.78 is 5.90. The van der Waals surface area contributed by atoms with Gasteiger partial charge in [-0.25, -0.2) is 0 Å². The number of hydrogen-bond acceptors (Lipinski definition) is 4. The number of rotatable bonds is 9. The van der Waals surface area contributed by atoms with Crippen molar-refractivity contribution in [3.05, 3.63) is 64.0 Å². The average molecular weight is 413 g/mol. The predicted octanol–water partition coefficient (Wildman–Crippen LogP) is 4.37. The van der Waals surface area contributed by atoms with E-state index in [0.29, 0.717) is 24.8 Å². The van der Waals surface area contributed by atoms with Crippen LogP contribution in [0.1, 0.15) is 53.8 Å². The number of carbonyl (C=O) groups is 2. The van der Waals surface area contributed by atoms with Crippen molar-refractivity contribution in [3.8, 4) is 0 Å². The van der Waals surface area contributed by atoms with Gasteiger partial charge in [0, 0.05) is 23.6 Å². The minimum atomic E-state index is -0.302. The molecule has 2 N–H and O–H groups in total. The highest BCUT2D eigenvalue weighted by atomic mass is 32.1. The molecule has 5 nitrogen and oxygen atoms in total. The number of carbonyl (C=O) groups excluding carboxylic acids is 2. The van der Waals surface area contributed by atoms with Crippen molar-refractivity contribution in [1.82, 2.24) is 10.6 Å². The fourth-order valence-electron chi connectivity index (χ4n) is 3.31. The molecule has 0 unspecified atom stereocenters. The molecule has 2 aromatic rings. The van der Waals surface area contributed by atoms with Gasteiger partial charge < -0.3 is 15.4 Å². The lowest BCUT2D eigenvalue weighted by molar-refractivity contribution is -0.117. The number of hydrogen-bond donors (Lipinski definition) is 2. The summed E-state index contributed by atoms with van der Waals surface area (Å²) in [7, 11) is 0. The highest BCUT2D eigenvalue weighted by Gasteiger charge is 2.15. The van der Waals surface area contributed by atoms with Crippen LogP contribution in [0.3, 0.4) is 0 Å². The second kappa shape index (κ2) is 11.5. The van der Waals surface area contributed by atoms with Crippen molar-refractivity contribution >= 4 is 29.2 Å². The summed E-state index contributed by atoms with van der Waals surface area (Å²) in [6.07, 6.45) is 8.93. The average Bonchev–Trinajstić information content (AvgIpc) is 3.27. The van der Waals surface area contributed by atoms with Crippen LogP contribution in [-0.2, 0) is 9.53 Å². The topological polar surface area (TPSA) is 67.4 Å². The number of amides is 2. The molecule has 6 heteroatoms. The van der Waals surface area contributed by atoms with Gasteiger partial charge in [0.05, 0.1) is 6.10 Å². The zero-order valence-electron chi connectivity index (χ0n) is 16.6. The van der Waals surface area contributed by atoms with E-state index in [1.54, 1.807) is 30.3 Å². The second-order valence-electron chi connectivity index (χ2n) is 7.13. The molecule has 29 heavy (non-hydrogen) atoms. The van der Waals surface area contributed by atoms with Gasteiger partial charge in [-0.15, -0.1) is 11.3 Å². The lowest BCUT2D eigenvalue weighted by atomic mass is 9.98. The van der Waals surface area contributed by atoms with Gasteiger partial charge in [0.2, 0.25) is 0 Å². The molecule has 3 rings (SSSR count). The summed E-state index contributed by atoms with van der Waals surface area (Å²) in [5.74, 6) is -0.593. The smallest absolute Gasteiger partial charge is 0.267 e. The van der Waals surface area contributed by atoms with Gasteiger partial charge in [0.15, 0.2) is 0 Å². The molecular formula is C23H28N2O3S. The Morgan fingerprint density at radius 1 is 1.07 bits per heavy atom.